The second-order valence-corrected chi connectivity index (χ2v) is 19.7. The molecule has 2 aromatic heterocycles. The standard InChI is InChI=1S/C56H12B18O2/c57-39-25(31-27-29-35(45(63)41(31)59)51(69)55(73)53(71)37(29)49(67)47(65)33(27)43(39)61)15-3-7-23-19(11-15)17-9-13(1-5-21(17)75-23)14-2-6-22-18(10-14)20-12-16(4-8-24(20)76-22)26-32-28-30-36(46(64)42(32)60)52(70)56(74)54(72)38(30)50(68)48(66)34(28)44(62)40(26)58/h1-12H. The molecule has 0 aliphatic rings. The minimum Gasteiger partial charge on any atom is -0.456 e. The van der Waals surface area contributed by atoms with Gasteiger partial charge in [0.1, 0.15) is 164 Å². The Bertz CT molecular complexity index is 4730. The van der Waals surface area contributed by atoms with E-state index in [2.05, 4.69) is 12.1 Å². The zero-order valence-electron chi connectivity index (χ0n) is 40.1. The monoisotopic (exact) mass is 914 g/mol. The predicted octanol–water partition coefficient (Wildman–Crippen LogP) is -5.43. The van der Waals surface area contributed by atoms with Gasteiger partial charge in [0.25, 0.3) is 0 Å². The van der Waals surface area contributed by atoms with Crippen molar-refractivity contribution >= 4 is 348 Å². The van der Waals surface area contributed by atoms with Crippen LogP contribution in [0.1, 0.15) is 0 Å². The molecule has 0 spiro atoms. The third-order valence-electron chi connectivity index (χ3n) is 16.1. The van der Waals surface area contributed by atoms with E-state index in [1.807, 2.05) is 60.7 Å². The molecule has 12 aromatic carbocycles. The van der Waals surface area contributed by atoms with Crippen LogP contribution in [0, 0.1) is 0 Å². The molecule has 14 rings (SSSR count). The number of fused-ring (bicyclic) bond motifs is 6. The Morgan fingerprint density at radius 2 is 0.382 bits per heavy atom. The fourth-order valence-electron chi connectivity index (χ4n) is 12.3. The molecule has 0 saturated heterocycles. The number of furan rings is 2. The summed E-state index contributed by atoms with van der Waals surface area (Å²) in [6, 6.07) is 23.5. The summed E-state index contributed by atoms with van der Waals surface area (Å²) in [6.07, 6.45) is 0. The fourth-order valence-corrected chi connectivity index (χ4v) is 12.3. The van der Waals surface area contributed by atoms with E-state index >= 15 is 0 Å². The molecule has 2 nitrogen and oxygen atoms in total. The minimum absolute atomic E-state index is 0.105. The summed E-state index contributed by atoms with van der Waals surface area (Å²) in [5, 5.41) is 8.72. The predicted molar refractivity (Wildman–Crippen MR) is 342 cm³/mol. The number of hydrogen-bond donors (Lipinski definition) is 0. The minimum atomic E-state index is 0.105. The lowest BCUT2D eigenvalue weighted by Gasteiger charge is -2.29. The van der Waals surface area contributed by atoms with E-state index in [1.165, 1.54) is 0 Å². The highest BCUT2D eigenvalue weighted by atomic mass is 16.3. The lowest BCUT2D eigenvalue weighted by atomic mass is 9.58. The molecule has 20 heteroatoms. The van der Waals surface area contributed by atoms with Crippen molar-refractivity contribution in [2.45, 2.75) is 0 Å². The SMILES string of the molecule is [B]c1c([B])c2c([B])c([B])c3c([B])c([B])c(-c4ccc5oc6ccc(-c7ccc8oc9ccc(-c%10c([B])c([B])c%11c([B])c([B])c%12c([B])c([B])c([B])c%13c([B])c([B])c%10c%11c%12%13)cc9c8c7)cc6c5c4)c4c([B])c([B])c(c1[B])c2c34. The summed E-state index contributed by atoms with van der Waals surface area (Å²) in [7, 11) is 122. The first kappa shape index (κ1) is 47.9. The van der Waals surface area contributed by atoms with E-state index in [0.29, 0.717) is 109 Å². The molecule has 0 aliphatic heterocycles. The Morgan fingerprint density at radius 3 is 0.658 bits per heavy atom. The first-order valence-corrected chi connectivity index (χ1v) is 23.7. The maximum Gasteiger partial charge on any atom is 0.135 e. The lowest BCUT2D eigenvalue weighted by molar-refractivity contribution is 0.668. The van der Waals surface area contributed by atoms with E-state index in [0.717, 1.165) is 32.7 Å². The number of benzene rings is 12. The molecule has 14 aromatic rings. The van der Waals surface area contributed by atoms with E-state index in [4.69, 9.17) is 150 Å². The van der Waals surface area contributed by atoms with Gasteiger partial charge in [0.2, 0.25) is 0 Å². The highest BCUT2D eigenvalue weighted by Gasteiger charge is 2.28. The topological polar surface area (TPSA) is 26.3 Å². The zero-order chi connectivity index (χ0) is 53.3. The molecule has 0 bridgehead atoms. The molecule has 36 radical (unpaired) electrons. The Kier molecular flexibility index (Phi) is 10.1. The van der Waals surface area contributed by atoms with Gasteiger partial charge in [-0.25, -0.2) is 0 Å². The summed E-state index contributed by atoms with van der Waals surface area (Å²) in [5.41, 5.74) is 9.75. The van der Waals surface area contributed by atoms with Crippen molar-refractivity contribution < 1.29 is 8.83 Å². The molecule has 0 N–H and O–H groups in total. The zero-order valence-corrected chi connectivity index (χ0v) is 40.1. The van der Waals surface area contributed by atoms with Gasteiger partial charge in [-0.2, -0.15) is 0 Å². The first-order chi connectivity index (χ1) is 36.2. The normalized spacial score (nSPS) is 12.4. The maximum atomic E-state index is 7.01. The van der Waals surface area contributed by atoms with Crippen LogP contribution in [-0.4, -0.2) is 141 Å². The molecular formula is C56H12B18O2. The fraction of sp³-hybridized carbons (Fsp3) is 0. The Morgan fingerprint density at radius 1 is 0.184 bits per heavy atom. The summed E-state index contributed by atoms with van der Waals surface area (Å²) in [5.74, 6) is 0. The van der Waals surface area contributed by atoms with E-state index in [-0.39, 0.29) is 98.3 Å². The maximum absolute atomic E-state index is 7.01. The van der Waals surface area contributed by atoms with E-state index < -0.39 is 0 Å². The average molecular weight is 911 g/mol. The summed E-state index contributed by atoms with van der Waals surface area (Å²) < 4.78 is 12.9. The van der Waals surface area contributed by atoms with Crippen LogP contribution in [0.4, 0.5) is 0 Å². The average Bonchev–Trinajstić information content (AvgIpc) is 4.04. The Hall–Kier alpha value is -6.51. The van der Waals surface area contributed by atoms with Crippen LogP contribution in [0.2, 0.25) is 0 Å². The molecule has 0 unspecified atom stereocenters. The van der Waals surface area contributed by atoms with E-state index in [9.17, 15) is 0 Å². The van der Waals surface area contributed by atoms with Gasteiger partial charge >= 0.3 is 0 Å². The quantitative estimate of drug-likeness (QED) is 0.131. The van der Waals surface area contributed by atoms with E-state index in [1.54, 1.807) is 0 Å². The number of rotatable bonds is 3. The van der Waals surface area contributed by atoms with Gasteiger partial charge in [-0.3, -0.25) is 0 Å². The van der Waals surface area contributed by atoms with Crippen LogP contribution >= 0.6 is 0 Å². The smallest absolute Gasteiger partial charge is 0.135 e. The Labute approximate surface area is 460 Å². The number of hydrogen-bond acceptors (Lipinski definition) is 2. The van der Waals surface area contributed by atoms with Crippen molar-refractivity contribution in [3.63, 3.8) is 0 Å². The van der Waals surface area contributed by atoms with Gasteiger partial charge in [0.05, 0.1) is 0 Å². The second kappa shape index (κ2) is 16.0. The van der Waals surface area contributed by atoms with Crippen molar-refractivity contribution in [1.82, 2.24) is 0 Å². The summed E-state index contributed by atoms with van der Waals surface area (Å²) in [4.78, 5) is 0. The molecule has 0 aliphatic carbocycles. The third-order valence-corrected chi connectivity index (χ3v) is 16.1. The van der Waals surface area contributed by atoms with Gasteiger partial charge < -0.3 is 8.83 Å². The summed E-state index contributed by atoms with van der Waals surface area (Å²) in [6.45, 7) is 0. The second-order valence-electron chi connectivity index (χ2n) is 19.7. The molecule has 302 valence electrons. The Balaban J connectivity index is 0.950. The van der Waals surface area contributed by atoms with Crippen LogP contribution in [-0.2, 0) is 0 Å². The molecule has 0 saturated carbocycles. The van der Waals surface area contributed by atoms with Crippen LogP contribution in [0.15, 0.2) is 81.6 Å². The van der Waals surface area contributed by atoms with Gasteiger partial charge in [0.15, 0.2) is 0 Å². The van der Waals surface area contributed by atoms with Gasteiger partial charge in [-0.1, -0.05) is 112 Å². The van der Waals surface area contributed by atoms with Crippen LogP contribution in [0.25, 0.3) is 142 Å². The third kappa shape index (κ3) is 5.87. The van der Waals surface area contributed by atoms with Crippen LogP contribution < -0.4 is 98.3 Å². The molecule has 0 atom stereocenters. The molecule has 76 heavy (non-hydrogen) atoms. The van der Waals surface area contributed by atoms with Gasteiger partial charge in [0, 0.05) is 21.5 Å². The van der Waals surface area contributed by atoms with Crippen molar-refractivity contribution in [2.24, 2.45) is 0 Å². The summed E-state index contributed by atoms with van der Waals surface area (Å²) >= 11 is 0. The molecule has 0 fully saturated rings. The highest BCUT2D eigenvalue weighted by Crippen LogP contribution is 2.41. The van der Waals surface area contributed by atoms with Crippen molar-refractivity contribution in [1.29, 1.82) is 0 Å². The van der Waals surface area contributed by atoms with Crippen LogP contribution in [0.5, 0.6) is 0 Å². The van der Waals surface area contributed by atoms with Gasteiger partial charge in [-0.05, 0) is 147 Å². The molecule has 0 amide bonds. The van der Waals surface area contributed by atoms with Crippen molar-refractivity contribution in [3.8, 4) is 33.4 Å². The lowest BCUT2D eigenvalue weighted by Crippen LogP contribution is -2.48. The van der Waals surface area contributed by atoms with Crippen LogP contribution in [0.3, 0.4) is 0 Å². The van der Waals surface area contributed by atoms with Crippen molar-refractivity contribution in [2.75, 3.05) is 0 Å². The van der Waals surface area contributed by atoms with Gasteiger partial charge in [-0.15, -0.1) is 10.9 Å². The molecular weight excluding hydrogens is 899 g/mol. The highest BCUT2D eigenvalue weighted by molar-refractivity contribution is 6.77. The molecule has 2 heterocycles. The first-order valence-electron chi connectivity index (χ1n) is 23.7. The largest absolute Gasteiger partial charge is 0.456 e. The van der Waals surface area contributed by atoms with Crippen molar-refractivity contribution in [3.05, 3.63) is 72.8 Å².